The van der Waals surface area contributed by atoms with Crippen molar-refractivity contribution in [3.63, 3.8) is 0 Å². The molecule has 5 nitrogen and oxygen atoms in total. The molecule has 1 heterocycles. The second kappa shape index (κ2) is 5.79. The van der Waals surface area contributed by atoms with E-state index in [9.17, 15) is 20.4 Å². The van der Waals surface area contributed by atoms with Gasteiger partial charge in [0.05, 0.1) is 6.61 Å². The molecule has 112 valence electrons. The fraction of sp³-hybridized carbons (Fsp3) is 0.600. The van der Waals surface area contributed by atoms with Gasteiger partial charge in [0.1, 0.15) is 18.3 Å². The van der Waals surface area contributed by atoms with E-state index in [-0.39, 0.29) is 6.61 Å². The minimum absolute atomic E-state index is 0.234. The average Bonchev–Trinajstić information content (AvgIpc) is 2.41. The first-order chi connectivity index (χ1) is 9.34. The fourth-order valence-electron chi connectivity index (χ4n) is 2.44. The van der Waals surface area contributed by atoms with E-state index in [1.807, 2.05) is 12.1 Å². The smallest absolute Gasteiger partial charge is 0.222 e. The number of aliphatic hydroxyl groups is 4. The number of benzene rings is 1. The summed E-state index contributed by atoms with van der Waals surface area (Å²) >= 11 is 0. The first kappa shape index (κ1) is 15.4. The van der Waals surface area contributed by atoms with Gasteiger partial charge in [-0.25, -0.2) is 0 Å². The molecule has 2 rings (SSSR count). The molecule has 1 aromatic rings. The monoisotopic (exact) mass is 282 g/mol. The predicted octanol–water partition coefficient (Wildman–Crippen LogP) is 0.143. The Morgan fingerprint density at radius 1 is 1.20 bits per heavy atom. The Bertz CT molecular complexity index is 444. The maximum Gasteiger partial charge on any atom is 0.222 e. The van der Waals surface area contributed by atoms with Crippen LogP contribution in [-0.2, 0) is 16.9 Å². The van der Waals surface area contributed by atoms with Gasteiger partial charge in [0, 0.05) is 5.56 Å². The highest BCUT2D eigenvalue weighted by Crippen LogP contribution is 2.33. The standard InChI is InChI=1S/C15H22O5/c1-9(2)7-10-3-5-11(6-4-10)15(19)14(18)13(17)12(16)8-20-15/h3-6,9,12-14,16-19H,7-8H2,1-2H3/t12-,13+,14-,15?/m1/s1. The van der Waals surface area contributed by atoms with Crippen molar-refractivity contribution >= 4 is 0 Å². The number of hydrogen-bond acceptors (Lipinski definition) is 5. The molecule has 0 amide bonds. The van der Waals surface area contributed by atoms with Crippen molar-refractivity contribution < 1.29 is 25.2 Å². The summed E-state index contributed by atoms with van der Waals surface area (Å²) in [5.41, 5.74) is 1.49. The number of hydrogen-bond donors (Lipinski definition) is 4. The lowest BCUT2D eigenvalue weighted by atomic mass is 9.90. The van der Waals surface area contributed by atoms with Crippen molar-refractivity contribution in [3.8, 4) is 0 Å². The van der Waals surface area contributed by atoms with Crippen LogP contribution >= 0.6 is 0 Å². The summed E-state index contributed by atoms with van der Waals surface area (Å²) in [4.78, 5) is 0. The van der Waals surface area contributed by atoms with Crippen molar-refractivity contribution in [2.45, 2.75) is 44.4 Å². The molecule has 0 spiro atoms. The minimum atomic E-state index is -1.99. The molecular weight excluding hydrogens is 260 g/mol. The van der Waals surface area contributed by atoms with Gasteiger partial charge >= 0.3 is 0 Å². The molecule has 0 radical (unpaired) electrons. The van der Waals surface area contributed by atoms with Crippen LogP contribution in [0.1, 0.15) is 25.0 Å². The van der Waals surface area contributed by atoms with Gasteiger partial charge in [-0.05, 0) is 17.9 Å². The van der Waals surface area contributed by atoms with E-state index in [1.54, 1.807) is 12.1 Å². The topological polar surface area (TPSA) is 90.2 Å². The van der Waals surface area contributed by atoms with Gasteiger partial charge in [-0.3, -0.25) is 0 Å². The largest absolute Gasteiger partial charge is 0.388 e. The minimum Gasteiger partial charge on any atom is -0.388 e. The SMILES string of the molecule is CC(C)Cc1ccc(C2(O)OC[C@@H](O)[C@H](O)[C@H]2O)cc1. The van der Waals surface area contributed by atoms with Crippen LogP contribution in [0.3, 0.4) is 0 Å². The fourth-order valence-corrected chi connectivity index (χ4v) is 2.44. The van der Waals surface area contributed by atoms with Gasteiger partial charge in [-0.15, -0.1) is 0 Å². The molecule has 1 saturated heterocycles. The third kappa shape index (κ3) is 2.87. The van der Waals surface area contributed by atoms with Gasteiger partial charge in [0.2, 0.25) is 5.79 Å². The molecule has 0 saturated carbocycles. The molecule has 1 aromatic carbocycles. The highest BCUT2D eigenvalue weighted by molar-refractivity contribution is 5.28. The van der Waals surface area contributed by atoms with Crippen LogP contribution in [0.2, 0.25) is 0 Å². The number of ether oxygens (including phenoxy) is 1. The first-order valence-electron chi connectivity index (χ1n) is 6.84. The van der Waals surface area contributed by atoms with Crippen molar-refractivity contribution in [2.75, 3.05) is 6.61 Å². The van der Waals surface area contributed by atoms with Crippen molar-refractivity contribution in [3.05, 3.63) is 35.4 Å². The lowest BCUT2D eigenvalue weighted by molar-refractivity contribution is -0.330. The Hall–Kier alpha value is -0.980. The molecule has 1 aliphatic rings. The van der Waals surface area contributed by atoms with E-state index in [0.29, 0.717) is 11.5 Å². The summed E-state index contributed by atoms with van der Waals surface area (Å²) in [5.74, 6) is -1.47. The maximum absolute atomic E-state index is 10.4. The van der Waals surface area contributed by atoms with Crippen LogP contribution in [0, 0.1) is 5.92 Å². The van der Waals surface area contributed by atoms with Crippen LogP contribution in [0.15, 0.2) is 24.3 Å². The van der Waals surface area contributed by atoms with E-state index >= 15 is 0 Å². The van der Waals surface area contributed by atoms with Gasteiger partial charge in [-0.1, -0.05) is 38.1 Å². The maximum atomic E-state index is 10.4. The zero-order valence-corrected chi connectivity index (χ0v) is 11.7. The summed E-state index contributed by atoms with van der Waals surface area (Å²) in [6.45, 7) is 4.00. The van der Waals surface area contributed by atoms with Crippen LogP contribution < -0.4 is 0 Å². The summed E-state index contributed by atoms with van der Waals surface area (Å²) in [5, 5.41) is 39.5. The first-order valence-corrected chi connectivity index (χ1v) is 6.84. The third-order valence-corrected chi connectivity index (χ3v) is 3.60. The summed E-state index contributed by atoms with van der Waals surface area (Å²) in [6, 6.07) is 7.07. The van der Waals surface area contributed by atoms with E-state index in [1.165, 1.54) is 0 Å². The molecule has 0 bridgehead atoms. The molecule has 4 N–H and O–H groups in total. The van der Waals surface area contributed by atoms with Crippen LogP contribution in [0.25, 0.3) is 0 Å². The number of rotatable bonds is 3. The highest BCUT2D eigenvalue weighted by Gasteiger charge is 2.49. The average molecular weight is 282 g/mol. The Morgan fingerprint density at radius 3 is 2.35 bits per heavy atom. The second-order valence-corrected chi connectivity index (χ2v) is 5.81. The van der Waals surface area contributed by atoms with Crippen molar-refractivity contribution in [1.82, 2.24) is 0 Å². The van der Waals surface area contributed by atoms with Crippen LogP contribution in [-0.4, -0.2) is 45.3 Å². The van der Waals surface area contributed by atoms with Gasteiger partial charge < -0.3 is 25.2 Å². The van der Waals surface area contributed by atoms with Gasteiger partial charge in [0.25, 0.3) is 0 Å². The quantitative estimate of drug-likeness (QED) is 0.633. The van der Waals surface area contributed by atoms with Crippen LogP contribution in [0.5, 0.6) is 0 Å². The lowest BCUT2D eigenvalue weighted by Crippen LogP contribution is -2.58. The highest BCUT2D eigenvalue weighted by atomic mass is 16.6. The molecular formula is C15H22O5. The molecule has 5 heteroatoms. The zero-order chi connectivity index (χ0) is 14.9. The van der Waals surface area contributed by atoms with Crippen LogP contribution in [0.4, 0.5) is 0 Å². The Balaban J connectivity index is 2.21. The summed E-state index contributed by atoms with van der Waals surface area (Å²) < 4.78 is 5.16. The van der Waals surface area contributed by atoms with Crippen molar-refractivity contribution in [2.24, 2.45) is 5.92 Å². The molecule has 4 atom stereocenters. The van der Waals surface area contributed by atoms with E-state index in [4.69, 9.17) is 4.74 Å². The molecule has 1 unspecified atom stereocenters. The molecule has 0 aliphatic carbocycles. The zero-order valence-electron chi connectivity index (χ0n) is 11.7. The molecule has 1 aliphatic heterocycles. The third-order valence-electron chi connectivity index (χ3n) is 3.60. The summed E-state index contributed by atoms with van der Waals surface area (Å²) in [7, 11) is 0. The van der Waals surface area contributed by atoms with Gasteiger partial charge in [0.15, 0.2) is 0 Å². The van der Waals surface area contributed by atoms with Crippen molar-refractivity contribution in [1.29, 1.82) is 0 Å². The Morgan fingerprint density at radius 2 is 1.80 bits per heavy atom. The van der Waals surface area contributed by atoms with Gasteiger partial charge in [-0.2, -0.15) is 0 Å². The van der Waals surface area contributed by atoms with E-state index in [0.717, 1.165) is 12.0 Å². The Kier molecular flexibility index (Phi) is 4.46. The molecule has 20 heavy (non-hydrogen) atoms. The molecule has 0 aromatic heterocycles. The van der Waals surface area contributed by atoms with E-state index < -0.39 is 24.1 Å². The molecule has 1 fully saturated rings. The number of aliphatic hydroxyl groups excluding tert-OH is 3. The predicted molar refractivity (Wildman–Crippen MR) is 72.9 cm³/mol. The van der Waals surface area contributed by atoms with E-state index in [2.05, 4.69) is 13.8 Å². The Labute approximate surface area is 118 Å². The summed E-state index contributed by atoms with van der Waals surface area (Å²) in [6.07, 6.45) is -3.32. The normalized spacial score (nSPS) is 34.5. The lowest BCUT2D eigenvalue weighted by Gasteiger charge is -2.41. The second-order valence-electron chi connectivity index (χ2n) is 5.81.